The number of thiophene rings is 1. The maximum absolute atomic E-state index is 12.9. The Morgan fingerprint density at radius 2 is 1.94 bits per heavy atom. The smallest absolute Gasteiger partial charge is 0.143 e. The molecule has 5 heteroatoms. The summed E-state index contributed by atoms with van der Waals surface area (Å²) < 4.78 is 14.5. The van der Waals surface area contributed by atoms with Gasteiger partial charge in [-0.05, 0) is 33.6 Å². The first-order chi connectivity index (χ1) is 8.66. The van der Waals surface area contributed by atoms with E-state index in [0.717, 1.165) is 21.2 Å². The molecule has 0 saturated carbocycles. The molecule has 3 rings (SSSR count). The lowest BCUT2D eigenvalue weighted by molar-refractivity contribution is 0.479. The van der Waals surface area contributed by atoms with Gasteiger partial charge in [-0.3, -0.25) is 0 Å². The van der Waals surface area contributed by atoms with E-state index < -0.39 is 0 Å². The Kier molecular flexibility index (Phi) is 2.80. The van der Waals surface area contributed by atoms with Crippen LogP contribution in [0.3, 0.4) is 0 Å². The highest BCUT2D eigenvalue weighted by atomic mass is 79.9. The molecule has 0 radical (unpaired) electrons. The monoisotopic (exact) mass is 323 g/mol. The summed E-state index contributed by atoms with van der Waals surface area (Å²) in [6, 6.07) is 6.22. The van der Waals surface area contributed by atoms with Gasteiger partial charge in [0.05, 0.1) is 10.9 Å². The quantitative estimate of drug-likeness (QED) is 0.665. The lowest BCUT2D eigenvalue weighted by atomic mass is 10.1. The van der Waals surface area contributed by atoms with Crippen molar-refractivity contribution in [2.24, 2.45) is 0 Å². The number of hydrogen-bond acceptors (Lipinski definition) is 3. The number of rotatable bonds is 1. The van der Waals surface area contributed by atoms with Crippen LogP contribution < -0.4 is 0 Å². The van der Waals surface area contributed by atoms with Crippen molar-refractivity contribution in [1.82, 2.24) is 4.98 Å². The molecule has 18 heavy (non-hydrogen) atoms. The summed E-state index contributed by atoms with van der Waals surface area (Å²) in [5.41, 5.74) is 1.76. The highest BCUT2D eigenvalue weighted by molar-refractivity contribution is 9.10. The van der Waals surface area contributed by atoms with Crippen LogP contribution in [0.1, 0.15) is 0 Å². The van der Waals surface area contributed by atoms with E-state index in [1.54, 1.807) is 12.1 Å². The summed E-state index contributed by atoms with van der Waals surface area (Å²) in [7, 11) is 0. The van der Waals surface area contributed by atoms with Gasteiger partial charge < -0.3 is 5.11 Å². The minimum Gasteiger partial charge on any atom is -0.506 e. The third-order valence-corrected chi connectivity index (χ3v) is 4.54. The van der Waals surface area contributed by atoms with Crippen molar-refractivity contribution in [2.75, 3.05) is 0 Å². The van der Waals surface area contributed by atoms with Gasteiger partial charge in [0.2, 0.25) is 0 Å². The molecule has 2 nitrogen and oxygen atoms in total. The average molecular weight is 324 g/mol. The number of pyridine rings is 1. The molecule has 0 spiro atoms. The molecule has 0 fully saturated rings. The Balaban J connectivity index is 2.30. The van der Waals surface area contributed by atoms with Gasteiger partial charge >= 0.3 is 0 Å². The average Bonchev–Trinajstić information content (AvgIpc) is 2.81. The summed E-state index contributed by atoms with van der Waals surface area (Å²) in [5.74, 6) is -0.140. The fourth-order valence-corrected chi connectivity index (χ4v) is 3.40. The normalized spacial score (nSPS) is 11.0. The second-order valence-corrected chi connectivity index (χ2v) is 5.43. The lowest BCUT2D eigenvalue weighted by Gasteiger charge is -2.02. The zero-order valence-electron chi connectivity index (χ0n) is 9.02. The van der Waals surface area contributed by atoms with Crippen molar-refractivity contribution in [3.8, 4) is 16.9 Å². The molecule has 2 heterocycles. The van der Waals surface area contributed by atoms with Crippen molar-refractivity contribution in [3.05, 3.63) is 46.3 Å². The molecule has 0 amide bonds. The summed E-state index contributed by atoms with van der Waals surface area (Å²) >= 11 is 4.85. The van der Waals surface area contributed by atoms with Crippen LogP contribution in [-0.4, -0.2) is 10.1 Å². The van der Waals surface area contributed by atoms with Crippen LogP contribution in [0.4, 0.5) is 4.39 Å². The fourth-order valence-electron chi connectivity index (χ4n) is 1.85. The number of nitrogens with zero attached hydrogens (tertiary/aromatic N) is 1. The Hall–Kier alpha value is -1.46. The summed E-state index contributed by atoms with van der Waals surface area (Å²) in [6.45, 7) is 0. The standard InChI is InChI=1S/C13H7BrFNOS/c14-13-12-11(10(17)5-16-13)9(6-18-12)7-1-3-8(15)4-2-7/h1-6,17H. The topological polar surface area (TPSA) is 33.1 Å². The molecular weight excluding hydrogens is 317 g/mol. The lowest BCUT2D eigenvalue weighted by Crippen LogP contribution is -1.80. The van der Waals surface area contributed by atoms with Crippen molar-refractivity contribution >= 4 is 37.4 Å². The molecule has 2 aromatic heterocycles. The van der Waals surface area contributed by atoms with E-state index in [0.29, 0.717) is 4.60 Å². The van der Waals surface area contributed by atoms with Crippen molar-refractivity contribution in [3.63, 3.8) is 0 Å². The zero-order valence-corrected chi connectivity index (χ0v) is 11.4. The van der Waals surface area contributed by atoms with Gasteiger partial charge in [0.1, 0.15) is 16.2 Å². The van der Waals surface area contributed by atoms with Crippen molar-refractivity contribution in [2.45, 2.75) is 0 Å². The highest BCUT2D eigenvalue weighted by Crippen LogP contribution is 2.41. The molecule has 0 atom stereocenters. The molecule has 1 aromatic carbocycles. The van der Waals surface area contributed by atoms with Crippen LogP contribution in [0.2, 0.25) is 0 Å². The van der Waals surface area contributed by atoms with E-state index in [9.17, 15) is 9.50 Å². The maximum atomic E-state index is 12.9. The van der Waals surface area contributed by atoms with Gasteiger partial charge in [-0.25, -0.2) is 9.37 Å². The van der Waals surface area contributed by atoms with Crippen LogP contribution in [0.5, 0.6) is 5.75 Å². The number of benzene rings is 1. The van der Waals surface area contributed by atoms with Gasteiger partial charge in [-0.1, -0.05) is 12.1 Å². The number of aromatic hydroxyl groups is 1. The third kappa shape index (κ3) is 1.79. The van der Waals surface area contributed by atoms with E-state index in [-0.39, 0.29) is 11.6 Å². The molecule has 1 N–H and O–H groups in total. The van der Waals surface area contributed by atoms with E-state index >= 15 is 0 Å². The third-order valence-electron chi connectivity index (χ3n) is 2.69. The Morgan fingerprint density at radius 3 is 2.67 bits per heavy atom. The summed E-state index contributed by atoms with van der Waals surface area (Å²) in [4.78, 5) is 4.05. The van der Waals surface area contributed by atoms with E-state index in [1.807, 2.05) is 5.38 Å². The molecule has 0 unspecified atom stereocenters. The Bertz CT molecular complexity index is 724. The van der Waals surface area contributed by atoms with E-state index in [1.165, 1.54) is 29.7 Å². The Labute approximate surface area is 115 Å². The SMILES string of the molecule is Oc1cnc(Br)c2scc(-c3ccc(F)cc3)c12. The molecule has 0 bridgehead atoms. The van der Waals surface area contributed by atoms with Gasteiger partial charge in [-0.2, -0.15) is 0 Å². The first kappa shape index (κ1) is 11.6. The first-order valence-electron chi connectivity index (χ1n) is 5.17. The largest absolute Gasteiger partial charge is 0.506 e. The summed E-state index contributed by atoms with van der Waals surface area (Å²) in [5, 5.41) is 12.6. The minimum atomic E-state index is -0.273. The second kappa shape index (κ2) is 4.33. The van der Waals surface area contributed by atoms with Crippen LogP contribution >= 0.6 is 27.3 Å². The molecule has 0 saturated heterocycles. The maximum Gasteiger partial charge on any atom is 0.143 e. The number of hydrogen-bond donors (Lipinski definition) is 1. The van der Waals surface area contributed by atoms with Crippen LogP contribution in [0.25, 0.3) is 21.2 Å². The van der Waals surface area contributed by atoms with Crippen LogP contribution in [-0.2, 0) is 0 Å². The van der Waals surface area contributed by atoms with Gasteiger partial charge in [0.25, 0.3) is 0 Å². The first-order valence-corrected chi connectivity index (χ1v) is 6.84. The van der Waals surface area contributed by atoms with Crippen LogP contribution in [0, 0.1) is 5.82 Å². The van der Waals surface area contributed by atoms with E-state index in [2.05, 4.69) is 20.9 Å². The highest BCUT2D eigenvalue weighted by Gasteiger charge is 2.13. The zero-order chi connectivity index (χ0) is 12.7. The van der Waals surface area contributed by atoms with Crippen molar-refractivity contribution in [1.29, 1.82) is 0 Å². The predicted molar refractivity (Wildman–Crippen MR) is 74.4 cm³/mol. The second-order valence-electron chi connectivity index (χ2n) is 3.79. The fraction of sp³-hybridized carbons (Fsp3) is 0. The molecular formula is C13H7BrFNOS. The molecule has 0 aliphatic heterocycles. The van der Waals surface area contributed by atoms with Gasteiger partial charge in [-0.15, -0.1) is 11.3 Å². The van der Waals surface area contributed by atoms with Gasteiger partial charge in [0.15, 0.2) is 0 Å². The van der Waals surface area contributed by atoms with Crippen LogP contribution in [0.15, 0.2) is 40.4 Å². The molecule has 90 valence electrons. The molecule has 0 aliphatic carbocycles. The predicted octanol–water partition coefficient (Wildman–Crippen LogP) is 4.57. The number of fused-ring (bicyclic) bond motifs is 1. The van der Waals surface area contributed by atoms with E-state index in [4.69, 9.17) is 0 Å². The minimum absolute atomic E-state index is 0.133. The molecule has 0 aliphatic rings. The number of halogens is 2. The van der Waals surface area contributed by atoms with Crippen molar-refractivity contribution < 1.29 is 9.50 Å². The number of aromatic nitrogens is 1. The van der Waals surface area contributed by atoms with Gasteiger partial charge in [0, 0.05) is 16.3 Å². The Morgan fingerprint density at radius 1 is 1.22 bits per heavy atom. The summed E-state index contributed by atoms with van der Waals surface area (Å²) in [6.07, 6.45) is 1.41. The molecule has 3 aromatic rings.